The van der Waals surface area contributed by atoms with Gasteiger partial charge in [0.2, 0.25) is 5.95 Å². The number of rotatable bonds is 1. The van der Waals surface area contributed by atoms with Gasteiger partial charge in [0.1, 0.15) is 5.82 Å². The van der Waals surface area contributed by atoms with Crippen LogP contribution < -0.4 is 11.6 Å². The van der Waals surface area contributed by atoms with Crippen molar-refractivity contribution in [1.29, 1.82) is 0 Å². The Hall–Kier alpha value is -2.32. The Morgan fingerprint density at radius 1 is 1.17 bits per heavy atom. The molecule has 18 heavy (non-hydrogen) atoms. The van der Waals surface area contributed by atoms with Crippen LogP contribution in [0.25, 0.3) is 11.4 Å². The molecule has 4 N–H and O–H groups in total. The fourth-order valence-electron chi connectivity index (χ4n) is 1.36. The molecule has 0 aliphatic heterocycles. The van der Waals surface area contributed by atoms with Gasteiger partial charge < -0.3 is 11.6 Å². The van der Waals surface area contributed by atoms with E-state index in [1.165, 1.54) is 0 Å². The molecule has 1 aromatic carbocycles. The van der Waals surface area contributed by atoms with E-state index in [0.29, 0.717) is 22.9 Å². The number of nitrogens with zero attached hydrogens (tertiary/aromatic N) is 3. The standard InChI is InChI=1S/C9H7F4N5/c10-6-2-1-4(9(11,12)13)3-5(6)7-16-17-8(14)18(7)15/h1-3H,15H2,(H2,14,17). The third-order valence-electron chi connectivity index (χ3n) is 2.26. The number of hydrogen-bond acceptors (Lipinski definition) is 4. The van der Waals surface area contributed by atoms with Crippen molar-refractivity contribution < 1.29 is 17.6 Å². The Bertz CT molecular complexity index is 589. The van der Waals surface area contributed by atoms with E-state index in [-0.39, 0.29) is 11.8 Å². The van der Waals surface area contributed by atoms with Gasteiger partial charge >= 0.3 is 6.18 Å². The topological polar surface area (TPSA) is 82.8 Å². The quantitative estimate of drug-likeness (QED) is 0.600. The lowest BCUT2D eigenvalue weighted by molar-refractivity contribution is -0.137. The average Bonchev–Trinajstić information content (AvgIpc) is 2.59. The number of halogens is 4. The number of nitrogen functional groups attached to an aromatic ring is 2. The van der Waals surface area contributed by atoms with Gasteiger partial charge in [-0.3, -0.25) is 0 Å². The first kappa shape index (κ1) is 12.1. The first-order valence-corrected chi connectivity index (χ1v) is 4.64. The van der Waals surface area contributed by atoms with Crippen molar-refractivity contribution in [3.05, 3.63) is 29.6 Å². The molecule has 0 saturated carbocycles. The zero-order valence-electron chi connectivity index (χ0n) is 8.74. The van der Waals surface area contributed by atoms with Crippen LogP contribution in [0.1, 0.15) is 5.56 Å². The van der Waals surface area contributed by atoms with Gasteiger partial charge in [-0.1, -0.05) is 0 Å². The summed E-state index contributed by atoms with van der Waals surface area (Å²) in [5.74, 6) is 3.96. The molecule has 5 nitrogen and oxygen atoms in total. The first-order valence-electron chi connectivity index (χ1n) is 4.64. The van der Waals surface area contributed by atoms with Gasteiger partial charge in [-0.2, -0.15) is 13.2 Å². The SMILES string of the molecule is Nc1nnc(-c2cc(C(F)(F)F)ccc2F)n1N. The molecule has 1 aromatic heterocycles. The highest BCUT2D eigenvalue weighted by atomic mass is 19.4. The molecule has 0 aliphatic carbocycles. The highest BCUT2D eigenvalue weighted by molar-refractivity contribution is 5.59. The zero-order valence-corrected chi connectivity index (χ0v) is 8.74. The molecule has 1 heterocycles. The lowest BCUT2D eigenvalue weighted by Crippen LogP contribution is -2.14. The smallest absolute Gasteiger partial charge is 0.366 e. The van der Waals surface area contributed by atoms with E-state index in [9.17, 15) is 17.6 Å². The normalized spacial score (nSPS) is 11.8. The monoisotopic (exact) mass is 261 g/mol. The minimum absolute atomic E-state index is 0.234. The summed E-state index contributed by atoms with van der Waals surface area (Å²) in [6.07, 6.45) is -4.59. The molecule has 0 saturated heterocycles. The molecule has 0 aliphatic rings. The van der Waals surface area contributed by atoms with Crippen molar-refractivity contribution in [1.82, 2.24) is 14.9 Å². The van der Waals surface area contributed by atoms with E-state index in [1.54, 1.807) is 0 Å². The van der Waals surface area contributed by atoms with E-state index < -0.39 is 23.1 Å². The molecule has 96 valence electrons. The highest BCUT2D eigenvalue weighted by Crippen LogP contribution is 2.32. The van der Waals surface area contributed by atoms with Crippen LogP contribution in [0.2, 0.25) is 0 Å². The molecule has 0 atom stereocenters. The molecule has 2 rings (SSSR count). The van der Waals surface area contributed by atoms with Gasteiger partial charge in [-0.25, -0.2) is 9.07 Å². The summed E-state index contributed by atoms with van der Waals surface area (Å²) in [6, 6.07) is 1.91. The second kappa shape index (κ2) is 3.86. The summed E-state index contributed by atoms with van der Waals surface area (Å²) in [5, 5.41) is 6.77. The van der Waals surface area contributed by atoms with Gasteiger partial charge in [0.05, 0.1) is 11.1 Å². The zero-order chi connectivity index (χ0) is 13.5. The van der Waals surface area contributed by atoms with Crippen LogP contribution >= 0.6 is 0 Å². The number of anilines is 1. The maximum atomic E-state index is 13.5. The summed E-state index contributed by atoms with van der Waals surface area (Å²) in [4.78, 5) is 0. The predicted octanol–water partition coefficient (Wildman–Crippen LogP) is 1.40. The Kier molecular flexibility index (Phi) is 2.60. The second-order valence-corrected chi connectivity index (χ2v) is 3.44. The summed E-state index contributed by atoms with van der Waals surface area (Å²) >= 11 is 0. The highest BCUT2D eigenvalue weighted by Gasteiger charge is 2.31. The lowest BCUT2D eigenvalue weighted by Gasteiger charge is -2.09. The molecule has 0 fully saturated rings. The van der Waals surface area contributed by atoms with Crippen molar-refractivity contribution in [3.63, 3.8) is 0 Å². The number of alkyl halides is 3. The first-order chi connectivity index (χ1) is 8.30. The van der Waals surface area contributed by atoms with E-state index in [2.05, 4.69) is 10.2 Å². The number of aromatic nitrogens is 3. The average molecular weight is 261 g/mol. The number of hydrogen-bond donors (Lipinski definition) is 2. The number of nitrogens with two attached hydrogens (primary N) is 2. The summed E-state index contributed by atoms with van der Waals surface area (Å²) in [6.45, 7) is 0. The van der Waals surface area contributed by atoms with E-state index in [4.69, 9.17) is 11.6 Å². The molecule has 0 radical (unpaired) electrons. The van der Waals surface area contributed by atoms with Gasteiger partial charge in [0.15, 0.2) is 5.82 Å². The van der Waals surface area contributed by atoms with E-state index in [1.807, 2.05) is 0 Å². The van der Waals surface area contributed by atoms with Crippen molar-refractivity contribution in [3.8, 4) is 11.4 Å². The minimum atomic E-state index is -4.59. The molecule has 2 aromatic rings. The molecule has 0 amide bonds. The van der Waals surface area contributed by atoms with Crippen LogP contribution in [0.3, 0.4) is 0 Å². The van der Waals surface area contributed by atoms with Crippen LogP contribution in [0.15, 0.2) is 18.2 Å². The Morgan fingerprint density at radius 3 is 2.33 bits per heavy atom. The van der Waals surface area contributed by atoms with E-state index in [0.717, 1.165) is 0 Å². The van der Waals surface area contributed by atoms with Crippen molar-refractivity contribution in [2.45, 2.75) is 6.18 Å². The van der Waals surface area contributed by atoms with E-state index >= 15 is 0 Å². The maximum Gasteiger partial charge on any atom is 0.416 e. The van der Waals surface area contributed by atoms with Crippen molar-refractivity contribution in [2.75, 3.05) is 11.6 Å². The largest absolute Gasteiger partial charge is 0.416 e. The second-order valence-electron chi connectivity index (χ2n) is 3.44. The van der Waals surface area contributed by atoms with Crippen LogP contribution in [0.5, 0.6) is 0 Å². The van der Waals surface area contributed by atoms with Crippen LogP contribution in [0, 0.1) is 5.82 Å². The van der Waals surface area contributed by atoms with Crippen molar-refractivity contribution in [2.24, 2.45) is 0 Å². The summed E-state index contributed by atoms with van der Waals surface area (Å²) in [7, 11) is 0. The van der Waals surface area contributed by atoms with Crippen LogP contribution in [-0.2, 0) is 6.18 Å². The van der Waals surface area contributed by atoms with Crippen LogP contribution in [0.4, 0.5) is 23.5 Å². The molecular weight excluding hydrogens is 254 g/mol. The summed E-state index contributed by atoms with van der Waals surface area (Å²) in [5.41, 5.74) is 3.84. The predicted molar refractivity (Wildman–Crippen MR) is 55.0 cm³/mol. The lowest BCUT2D eigenvalue weighted by atomic mass is 10.1. The fourth-order valence-corrected chi connectivity index (χ4v) is 1.36. The minimum Gasteiger partial charge on any atom is -0.366 e. The third-order valence-corrected chi connectivity index (χ3v) is 2.26. The number of benzene rings is 1. The molecular formula is C9H7F4N5. The fraction of sp³-hybridized carbons (Fsp3) is 0.111. The van der Waals surface area contributed by atoms with Gasteiger partial charge in [0.25, 0.3) is 0 Å². The van der Waals surface area contributed by atoms with Gasteiger partial charge in [0, 0.05) is 0 Å². The molecule has 9 heteroatoms. The van der Waals surface area contributed by atoms with Crippen LogP contribution in [-0.4, -0.2) is 14.9 Å². The van der Waals surface area contributed by atoms with Crippen molar-refractivity contribution >= 4 is 5.95 Å². The van der Waals surface area contributed by atoms with Gasteiger partial charge in [-0.15, -0.1) is 10.2 Å². The summed E-state index contributed by atoms with van der Waals surface area (Å²) < 4.78 is 51.7. The maximum absolute atomic E-state index is 13.5. The Labute approximate surface area is 98.0 Å². The Morgan fingerprint density at radius 2 is 1.83 bits per heavy atom. The third kappa shape index (κ3) is 1.94. The molecule has 0 spiro atoms. The van der Waals surface area contributed by atoms with Gasteiger partial charge in [-0.05, 0) is 18.2 Å². The molecule has 0 unspecified atom stereocenters. The Balaban J connectivity index is 2.61. The molecule has 0 bridgehead atoms.